The summed E-state index contributed by atoms with van der Waals surface area (Å²) in [6.45, 7) is 2.27. The lowest BCUT2D eigenvalue weighted by atomic mass is 10.1. The van der Waals surface area contributed by atoms with E-state index in [4.69, 9.17) is 0 Å². The van der Waals surface area contributed by atoms with E-state index in [1.165, 1.54) is 11.3 Å². The molecule has 0 aliphatic heterocycles. The van der Waals surface area contributed by atoms with Crippen molar-refractivity contribution >= 4 is 33.2 Å². The van der Waals surface area contributed by atoms with Gasteiger partial charge < -0.3 is 10.6 Å². The van der Waals surface area contributed by atoms with Crippen molar-refractivity contribution in [2.24, 2.45) is 0 Å². The molecule has 0 saturated carbocycles. The Labute approximate surface area is 127 Å². The van der Waals surface area contributed by atoms with E-state index in [1.807, 2.05) is 31.2 Å². The van der Waals surface area contributed by atoms with Crippen LogP contribution in [0.1, 0.15) is 24.8 Å². The first-order valence-corrected chi connectivity index (χ1v) is 7.81. The number of aromatic nitrogens is 1. The highest BCUT2D eigenvalue weighted by molar-refractivity contribution is 7.18. The van der Waals surface area contributed by atoms with E-state index in [-0.39, 0.29) is 6.54 Å². The molecule has 5 nitrogen and oxygen atoms in total. The number of carbonyl (C=O) groups is 2. The fourth-order valence-electron chi connectivity index (χ4n) is 2.09. The number of para-hydroxylation sites is 1. The van der Waals surface area contributed by atoms with Gasteiger partial charge in [0.15, 0.2) is 0 Å². The molecule has 0 fully saturated rings. The SMILES string of the molecule is CCCC(NC)C(=O)C(=O)NCc1nc2ccccc2s1. The van der Waals surface area contributed by atoms with Gasteiger partial charge in [-0.2, -0.15) is 0 Å². The predicted octanol–water partition coefficient (Wildman–Crippen LogP) is 1.87. The predicted molar refractivity (Wildman–Crippen MR) is 84.2 cm³/mol. The summed E-state index contributed by atoms with van der Waals surface area (Å²) in [6.07, 6.45) is 1.51. The van der Waals surface area contributed by atoms with Gasteiger partial charge in [-0.1, -0.05) is 25.5 Å². The van der Waals surface area contributed by atoms with Crippen LogP contribution in [-0.2, 0) is 16.1 Å². The molecule has 1 atom stereocenters. The number of Topliss-reactive ketones (excluding diaryl/α,β-unsaturated/α-hetero) is 1. The second-order valence-electron chi connectivity index (χ2n) is 4.75. The van der Waals surface area contributed by atoms with Gasteiger partial charge in [0, 0.05) is 0 Å². The maximum atomic E-state index is 12.0. The Morgan fingerprint density at radius 1 is 1.33 bits per heavy atom. The monoisotopic (exact) mass is 305 g/mol. The average molecular weight is 305 g/mol. The van der Waals surface area contributed by atoms with E-state index in [2.05, 4.69) is 15.6 Å². The highest BCUT2D eigenvalue weighted by Gasteiger charge is 2.22. The normalized spacial score (nSPS) is 12.3. The number of benzene rings is 1. The fraction of sp³-hybridized carbons (Fsp3) is 0.400. The third kappa shape index (κ3) is 3.86. The minimum absolute atomic E-state index is 0.284. The van der Waals surface area contributed by atoms with Crippen LogP contribution in [0.25, 0.3) is 10.2 Å². The molecule has 2 aromatic rings. The summed E-state index contributed by atoms with van der Waals surface area (Å²) < 4.78 is 1.08. The molecule has 2 rings (SSSR count). The number of hydrogen-bond acceptors (Lipinski definition) is 5. The first-order valence-electron chi connectivity index (χ1n) is 6.99. The maximum absolute atomic E-state index is 12.0. The topological polar surface area (TPSA) is 71.1 Å². The van der Waals surface area contributed by atoms with Crippen LogP contribution < -0.4 is 10.6 Å². The Hall–Kier alpha value is -1.79. The molecule has 0 radical (unpaired) electrons. The van der Waals surface area contributed by atoms with Crippen LogP contribution in [0.4, 0.5) is 0 Å². The Morgan fingerprint density at radius 2 is 2.10 bits per heavy atom. The summed E-state index contributed by atoms with van der Waals surface area (Å²) in [5, 5.41) is 6.33. The van der Waals surface area contributed by atoms with E-state index >= 15 is 0 Å². The Balaban J connectivity index is 1.95. The number of rotatable bonds is 7. The molecule has 1 amide bonds. The van der Waals surface area contributed by atoms with Crippen LogP contribution in [0.15, 0.2) is 24.3 Å². The maximum Gasteiger partial charge on any atom is 0.289 e. The second kappa shape index (κ2) is 7.28. The summed E-state index contributed by atoms with van der Waals surface area (Å²) in [5.74, 6) is -0.970. The molecule has 1 aromatic heterocycles. The molecule has 2 N–H and O–H groups in total. The number of nitrogens with one attached hydrogen (secondary N) is 2. The molecule has 0 saturated heterocycles. The van der Waals surface area contributed by atoms with Gasteiger partial charge in [0.25, 0.3) is 5.91 Å². The molecule has 1 aromatic carbocycles. The zero-order valence-electron chi connectivity index (χ0n) is 12.2. The van der Waals surface area contributed by atoms with Crippen molar-refractivity contribution in [3.8, 4) is 0 Å². The van der Waals surface area contributed by atoms with E-state index in [0.29, 0.717) is 6.42 Å². The molecule has 0 aliphatic carbocycles. The lowest BCUT2D eigenvalue weighted by Crippen LogP contribution is -2.43. The van der Waals surface area contributed by atoms with Crippen molar-refractivity contribution in [1.82, 2.24) is 15.6 Å². The van der Waals surface area contributed by atoms with Gasteiger partial charge in [-0.05, 0) is 25.6 Å². The first-order chi connectivity index (χ1) is 10.2. The zero-order chi connectivity index (χ0) is 15.2. The van der Waals surface area contributed by atoms with E-state index in [1.54, 1.807) is 7.05 Å². The Bertz CT molecular complexity index is 606. The highest BCUT2D eigenvalue weighted by atomic mass is 32.1. The van der Waals surface area contributed by atoms with Gasteiger partial charge >= 0.3 is 0 Å². The number of ketones is 1. The lowest BCUT2D eigenvalue weighted by molar-refractivity contribution is -0.139. The standard InChI is InChI=1S/C15H19N3O2S/c1-3-6-11(16-2)14(19)15(20)17-9-13-18-10-7-4-5-8-12(10)21-13/h4-5,7-8,11,16H,3,6,9H2,1-2H3,(H,17,20). The van der Waals surface area contributed by atoms with Crippen LogP contribution in [-0.4, -0.2) is 29.8 Å². The quantitative estimate of drug-likeness (QED) is 0.766. The summed E-state index contributed by atoms with van der Waals surface area (Å²) >= 11 is 1.52. The van der Waals surface area contributed by atoms with Gasteiger partial charge in [-0.15, -0.1) is 11.3 Å². The first kappa shape index (κ1) is 15.6. The van der Waals surface area contributed by atoms with Crippen LogP contribution in [0, 0.1) is 0 Å². The van der Waals surface area contributed by atoms with Crippen molar-refractivity contribution in [2.75, 3.05) is 7.05 Å². The van der Waals surface area contributed by atoms with Crippen LogP contribution >= 0.6 is 11.3 Å². The van der Waals surface area contributed by atoms with E-state index < -0.39 is 17.7 Å². The molecule has 112 valence electrons. The number of likely N-dealkylation sites (N-methyl/N-ethyl adjacent to an activating group) is 1. The van der Waals surface area contributed by atoms with Gasteiger partial charge in [0.1, 0.15) is 5.01 Å². The smallest absolute Gasteiger partial charge is 0.289 e. The minimum Gasteiger partial charge on any atom is -0.343 e. The van der Waals surface area contributed by atoms with Crippen LogP contribution in [0.2, 0.25) is 0 Å². The van der Waals surface area contributed by atoms with Crippen molar-refractivity contribution in [3.05, 3.63) is 29.3 Å². The second-order valence-corrected chi connectivity index (χ2v) is 5.87. The summed E-state index contributed by atoms with van der Waals surface area (Å²) in [5.41, 5.74) is 0.914. The van der Waals surface area contributed by atoms with E-state index in [0.717, 1.165) is 21.6 Å². The van der Waals surface area contributed by atoms with Crippen molar-refractivity contribution in [3.63, 3.8) is 0 Å². The number of fused-ring (bicyclic) bond motifs is 1. The Morgan fingerprint density at radius 3 is 2.76 bits per heavy atom. The Kier molecular flexibility index (Phi) is 5.41. The molecule has 0 spiro atoms. The number of carbonyl (C=O) groups excluding carboxylic acids is 2. The van der Waals surface area contributed by atoms with Crippen molar-refractivity contribution in [1.29, 1.82) is 0 Å². The van der Waals surface area contributed by atoms with Gasteiger partial charge in [-0.3, -0.25) is 9.59 Å². The molecule has 0 aliphatic rings. The van der Waals surface area contributed by atoms with Crippen molar-refractivity contribution < 1.29 is 9.59 Å². The summed E-state index contributed by atoms with van der Waals surface area (Å²) in [6, 6.07) is 7.39. The highest BCUT2D eigenvalue weighted by Crippen LogP contribution is 2.21. The lowest BCUT2D eigenvalue weighted by Gasteiger charge is -2.12. The summed E-state index contributed by atoms with van der Waals surface area (Å²) in [4.78, 5) is 28.3. The molecule has 21 heavy (non-hydrogen) atoms. The molecule has 1 heterocycles. The molecule has 6 heteroatoms. The number of hydrogen-bond donors (Lipinski definition) is 2. The summed E-state index contributed by atoms with van der Waals surface area (Å²) in [7, 11) is 1.69. The number of thiazole rings is 1. The van der Waals surface area contributed by atoms with Gasteiger partial charge in [0.2, 0.25) is 5.78 Å². The largest absolute Gasteiger partial charge is 0.343 e. The molecule has 1 unspecified atom stereocenters. The third-order valence-corrected chi connectivity index (χ3v) is 4.24. The number of amides is 1. The third-order valence-electron chi connectivity index (χ3n) is 3.20. The fourth-order valence-corrected chi connectivity index (χ4v) is 3.00. The average Bonchev–Trinajstić information content (AvgIpc) is 2.92. The van der Waals surface area contributed by atoms with Crippen LogP contribution in [0.3, 0.4) is 0 Å². The van der Waals surface area contributed by atoms with E-state index in [9.17, 15) is 9.59 Å². The molecular formula is C15H19N3O2S. The van der Waals surface area contributed by atoms with Gasteiger partial charge in [-0.25, -0.2) is 4.98 Å². The van der Waals surface area contributed by atoms with Gasteiger partial charge in [0.05, 0.1) is 22.8 Å². The van der Waals surface area contributed by atoms with Crippen molar-refractivity contribution in [2.45, 2.75) is 32.4 Å². The zero-order valence-corrected chi connectivity index (χ0v) is 13.0. The molecular weight excluding hydrogens is 286 g/mol. The minimum atomic E-state index is -0.554. The molecule has 0 bridgehead atoms. The number of nitrogens with zero attached hydrogens (tertiary/aromatic N) is 1. The van der Waals surface area contributed by atoms with Crippen LogP contribution in [0.5, 0.6) is 0 Å².